The van der Waals surface area contributed by atoms with Gasteiger partial charge in [-0.3, -0.25) is 9.59 Å². The number of hydrogen-bond acceptors (Lipinski definition) is 2. The Morgan fingerprint density at radius 1 is 0.952 bits per heavy atom. The van der Waals surface area contributed by atoms with E-state index in [0.29, 0.717) is 12.8 Å². The number of hydrogen-bond donors (Lipinski definition) is 1. The molecule has 0 spiro atoms. The van der Waals surface area contributed by atoms with E-state index in [9.17, 15) is 9.59 Å². The molecule has 21 heavy (non-hydrogen) atoms. The molecule has 1 heterocycles. The van der Waals surface area contributed by atoms with Crippen molar-refractivity contribution in [1.82, 2.24) is 10.2 Å². The second-order valence-corrected chi connectivity index (χ2v) is 6.19. The normalized spacial score (nSPS) is 18.0. The van der Waals surface area contributed by atoms with Crippen LogP contribution in [0.1, 0.15) is 78.6 Å². The third-order valence-electron chi connectivity index (χ3n) is 4.65. The predicted octanol–water partition coefficient (Wildman–Crippen LogP) is 3.25. The van der Waals surface area contributed by atoms with Crippen LogP contribution in [0.25, 0.3) is 0 Å². The molecule has 122 valence electrons. The van der Waals surface area contributed by atoms with E-state index in [-0.39, 0.29) is 18.4 Å². The first-order chi connectivity index (χ1) is 10.1. The minimum Gasteiger partial charge on any atom is -0.340 e. The van der Waals surface area contributed by atoms with E-state index in [1.165, 1.54) is 32.1 Å². The lowest BCUT2D eigenvalue weighted by Crippen LogP contribution is -2.66. The van der Waals surface area contributed by atoms with Gasteiger partial charge in [-0.25, -0.2) is 0 Å². The first-order valence-electron chi connectivity index (χ1n) is 8.70. The number of unbranched alkanes of at least 4 members (excludes halogenated alkanes) is 6. The van der Waals surface area contributed by atoms with Crippen LogP contribution in [0.3, 0.4) is 0 Å². The van der Waals surface area contributed by atoms with Gasteiger partial charge in [0.1, 0.15) is 5.54 Å². The zero-order valence-electron chi connectivity index (χ0n) is 14.0. The van der Waals surface area contributed by atoms with Gasteiger partial charge in [-0.2, -0.15) is 0 Å². The average molecular weight is 296 g/mol. The molecule has 0 bridgehead atoms. The van der Waals surface area contributed by atoms with Crippen molar-refractivity contribution in [1.29, 1.82) is 0 Å². The number of amides is 2. The van der Waals surface area contributed by atoms with Crippen LogP contribution in [0.4, 0.5) is 0 Å². The van der Waals surface area contributed by atoms with Gasteiger partial charge in [-0.05, 0) is 19.3 Å². The van der Waals surface area contributed by atoms with Gasteiger partial charge in [0.25, 0.3) is 0 Å². The SMILES string of the molecule is CCCCCCCCCN1CC(=O)NC(CC)(CC)C1=O. The summed E-state index contributed by atoms with van der Waals surface area (Å²) in [6.07, 6.45) is 9.93. The summed E-state index contributed by atoms with van der Waals surface area (Å²) in [7, 11) is 0. The Labute approximate surface area is 129 Å². The van der Waals surface area contributed by atoms with Gasteiger partial charge in [0, 0.05) is 6.54 Å². The lowest BCUT2D eigenvalue weighted by Gasteiger charge is -2.41. The summed E-state index contributed by atoms with van der Waals surface area (Å²) >= 11 is 0. The number of nitrogens with zero attached hydrogens (tertiary/aromatic N) is 1. The highest BCUT2D eigenvalue weighted by molar-refractivity contribution is 5.97. The third kappa shape index (κ3) is 5.01. The van der Waals surface area contributed by atoms with E-state index in [1.54, 1.807) is 4.90 Å². The fourth-order valence-corrected chi connectivity index (χ4v) is 3.08. The molecule has 0 radical (unpaired) electrons. The van der Waals surface area contributed by atoms with Crippen molar-refractivity contribution in [3.8, 4) is 0 Å². The smallest absolute Gasteiger partial charge is 0.248 e. The van der Waals surface area contributed by atoms with E-state index < -0.39 is 5.54 Å². The zero-order valence-corrected chi connectivity index (χ0v) is 14.0. The summed E-state index contributed by atoms with van der Waals surface area (Å²) in [5.74, 6) is 0.0966. The molecule has 4 nitrogen and oxygen atoms in total. The van der Waals surface area contributed by atoms with Crippen molar-refractivity contribution in [2.24, 2.45) is 0 Å². The molecule has 4 heteroatoms. The molecule has 1 aliphatic rings. The summed E-state index contributed by atoms with van der Waals surface area (Å²) in [6, 6.07) is 0. The topological polar surface area (TPSA) is 49.4 Å². The standard InChI is InChI=1S/C17H32N2O2/c1-4-7-8-9-10-11-12-13-19-14-15(20)18-17(5-2,6-3)16(19)21/h4-14H2,1-3H3,(H,18,20). The van der Waals surface area contributed by atoms with Crippen LogP contribution in [-0.4, -0.2) is 35.3 Å². The highest BCUT2D eigenvalue weighted by atomic mass is 16.2. The maximum atomic E-state index is 12.6. The molecule has 1 N–H and O–H groups in total. The van der Waals surface area contributed by atoms with Gasteiger partial charge in [0.2, 0.25) is 11.8 Å². The Bertz CT molecular complexity index is 338. The summed E-state index contributed by atoms with van der Waals surface area (Å²) in [5, 5.41) is 2.90. The maximum Gasteiger partial charge on any atom is 0.248 e. The van der Waals surface area contributed by atoms with Crippen LogP contribution in [0, 0.1) is 0 Å². The van der Waals surface area contributed by atoms with Crippen molar-refractivity contribution in [2.75, 3.05) is 13.1 Å². The molecule has 1 aliphatic heterocycles. The van der Waals surface area contributed by atoms with E-state index in [0.717, 1.165) is 19.4 Å². The van der Waals surface area contributed by atoms with Crippen LogP contribution in [0.2, 0.25) is 0 Å². The Kier molecular flexibility index (Phi) is 7.76. The van der Waals surface area contributed by atoms with Gasteiger partial charge in [0.05, 0.1) is 6.54 Å². The monoisotopic (exact) mass is 296 g/mol. The summed E-state index contributed by atoms with van der Waals surface area (Å²) in [5.41, 5.74) is -0.656. The lowest BCUT2D eigenvalue weighted by molar-refractivity contribution is -0.150. The first kappa shape index (κ1) is 18.0. The summed E-state index contributed by atoms with van der Waals surface area (Å²) in [4.78, 5) is 26.2. The fraction of sp³-hybridized carbons (Fsp3) is 0.882. The molecule has 0 atom stereocenters. The minimum atomic E-state index is -0.656. The molecule has 0 aromatic heterocycles. The lowest BCUT2D eigenvalue weighted by atomic mass is 9.89. The van der Waals surface area contributed by atoms with Gasteiger partial charge < -0.3 is 10.2 Å². The molecule has 0 aliphatic carbocycles. The van der Waals surface area contributed by atoms with Crippen LogP contribution >= 0.6 is 0 Å². The highest BCUT2D eigenvalue weighted by Crippen LogP contribution is 2.22. The van der Waals surface area contributed by atoms with E-state index in [4.69, 9.17) is 0 Å². The number of carbonyl (C=O) groups is 2. The van der Waals surface area contributed by atoms with Gasteiger partial charge in [-0.1, -0.05) is 59.3 Å². The Balaban J connectivity index is 2.36. The third-order valence-corrected chi connectivity index (χ3v) is 4.65. The van der Waals surface area contributed by atoms with Crippen LogP contribution in [-0.2, 0) is 9.59 Å². The second kappa shape index (κ2) is 9.06. The Morgan fingerprint density at radius 3 is 2.10 bits per heavy atom. The van der Waals surface area contributed by atoms with E-state index in [2.05, 4.69) is 12.2 Å². The maximum absolute atomic E-state index is 12.6. The quantitative estimate of drug-likeness (QED) is 0.629. The van der Waals surface area contributed by atoms with Crippen LogP contribution in [0.5, 0.6) is 0 Å². The Morgan fingerprint density at radius 2 is 1.52 bits per heavy atom. The molecular weight excluding hydrogens is 264 g/mol. The second-order valence-electron chi connectivity index (χ2n) is 6.19. The Hall–Kier alpha value is -1.06. The van der Waals surface area contributed by atoms with Crippen molar-refractivity contribution >= 4 is 11.8 Å². The van der Waals surface area contributed by atoms with Crippen molar-refractivity contribution in [2.45, 2.75) is 84.1 Å². The number of rotatable bonds is 10. The zero-order chi connectivity index (χ0) is 15.7. The van der Waals surface area contributed by atoms with Crippen molar-refractivity contribution < 1.29 is 9.59 Å². The van der Waals surface area contributed by atoms with Crippen LogP contribution < -0.4 is 5.32 Å². The average Bonchev–Trinajstić information content (AvgIpc) is 2.49. The minimum absolute atomic E-state index is 0.0127. The van der Waals surface area contributed by atoms with E-state index >= 15 is 0 Å². The molecule has 0 aromatic rings. The van der Waals surface area contributed by atoms with Crippen LogP contribution in [0.15, 0.2) is 0 Å². The number of nitrogens with one attached hydrogen (secondary N) is 1. The summed E-state index contributed by atoms with van der Waals surface area (Å²) in [6.45, 7) is 7.12. The molecule has 0 saturated carbocycles. The molecule has 1 saturated heterocycles. The fourth-order valence-electron chi connectivity index (χ4n) is 3.08. The number of carbonyl (C=O) groups excluding carboxylic acids is 2. The van der Waals surface area contributed by atoms with E-state index in [1.807, 2.05) is 13.8 Å². The van der Waals surface area contributed by atoms with Crippen molar-refractivity contribution in [3.05, 3.63) is 0 Å². The molecule has 1 fully saturated rings. The molecular formula is C17H32N2O2. The van der Waals surface area contributed by atoms with Gasteiger partial charge in [-0.15, -0.1) is 0 Å². The van der Waals surface area contributed by atoms with Gasteiger partial charge >= 0.3 is 0 Å². The predicted molar refractivity (Wildman–Crippen MR) is 86.0 cm³/mol. The number of piperazine rings is 1. The van der Waals surface area contributed by atoms with Gasteiger partial charge in [0.15, 0.2) is 0 Å². The largest absolute Gasteiger partial charge is 0.340 e. The first-order valence-corrected chi connectivity index (χ1v) is 8.70. The molecule has 2 amide bonds. The highest BCUT2D eigenvalue weighted by Gasteiger charge is 2.43. The molecule has 0 aromatic carbocycles. The molecule has 0 unspecified atom stereocenters. The summed E-state index contributed by atoms with van der Waals surface area (Å²) < 4.78 is 0. The van der Waals surface area contributed by atoms with Crippen molar-refractivity contribution in [3.63, 3.8) is 0 Å². The molecule has 1 rings (SSSR count).